The standard InChI is InChI=1S/C6H14O3/c1-2-3-4-5-6(7,8)9/h7-9H,2-5H2,1H3. The third-order valence-electron chi connectivity index (χ3n) is 1.12. The summed E-state index contributed by atoms with van der Waals surface area (Å²) in [6.45, 7) is 2.01. The fourth-order valence-corrected chi connectivity index (χ4v) is 0.612. The smallest absolute Gasteiger partial charge is 0.275 e. The first-order valence-corrected chi connectivity index (χ1v) is 3.23. The molecule has 0 unspecified atom stereocenters. The summed E-state index contributed by atoms with van der Waals surface area (Å²) in [4.78, 5) is 0. The van der Waals surface area contributed by atoms with Crippen LogP contribution in [0.5, 0.6) is 0 Å². The molecule has 3 nitrogen and oxygen atoms in total. The van der Waals surface area contributed by atoms with E-state index in [1.807, 2.05) is 6.92 Å². The van der Waals surface area contributed by atoms with Gasteiger partial charge in [0.25, 0.3) is 5.97 Å². The van der Waals surface area contributed by atoms with Crippen LogP contribution in [0.3, 0.4) is 0 Å². The van der Waals surface area contributed by atoms with Crippen molar-refractivity contribution < 1.29 is 15.3 Å². The first-order chi connectivity index (χ1) is 4.06. The molecule has 0 saturated heterocycles. The molecular weight excluding hydrogens is 120 g/mol. The fraction of sp³-hybridized carbons (Fsp3) is 1.00. The van der Waals surface area contributed by atoms with Crippen LogP contribution in [0, 0.1) is 0 Å². The van der Waals surface area contributed by atoms with E-state index in [1.165, 1.54) is 0 Å². The van der Waals surface area contributed by atoms with Crippen LogP contribution in [-0.2, 0) is 0 Å². The van der Waals surface area contributed by atoms with E-state index < -0.39 is 5.97 Å². The first-order valence-electron chi connectivity index (χ1n) is 3.23. The lowest BCUT2D eigenvalue weighted by Crippen LogP contribution is -2.26. The summed E-state index contributed by atoms with van der Waals surface area (Å²) >= 11 is 0. The van der Waals surface area contributed by atoms with Gasteiger partial charge < -0.3 is 15.3 Å². The molecule has 0 aromatic rings. The second-order valence-electron chi connectivity index (χ2n) is 2.23. The highest BCUT2D eigenvalue weighted by atomic mass is 16.7. The Morgan fingerprint density at radius 2 is 1.67 bits per heavy atom. The largest absolute Gasteiger partial charge is 0.344 e. The molecular formula is C6H14O3. The maximum Gasteiger partial charge on any atom is 0.275 e. The van der Waals surface area contributed by atoms with Crippen LogP contribution in [0.4, 0.5) is 0 Å². The molecule has 0 saturated carbocycles. The van der Waals surface area contributed by atoms with E-state index in [2.05, 4.69) is 0 Å². The third-order valence-corrected chi connectivity index (χ3v) is 1.12. The molecule has 0 aromatic heterocycles. The van der Waals surface area contributed by atoms with Gasteiger partial charge in [-0.15, -0.1) is 0 Å². The average Bonchev–Trinajstić information content (AvgIpc) is 1.63. The third kappa shape index (κ3) is 7.88. The fourth-order valence-electron chi connectivity index (χ4n) is 0.612. The molecule has 9 heavy (non-hydrogen) atoms. The highest BCUT2D eigenvalue weighted by molar-refractivity contribution is 4.47. The maximum absolute atomic E-state index is 8.36. The molecule has 0 aliphatic carbocycles. The van der Waals surface area contributed by atoms with Gasteiger partial charge >= 0.3 is 0 Å². The molecule has 0 amide bonds. The molecule has 0 radical (unpaired) electrons. The molecule has 0 aromatic carbocycles. The topological polar surface area (TPSA) is 60.7 Å². The minimum Gasteiger partial charge on any atom is -0.344 e. The van der Waals surface area contributed by atoms with Gasteiger partial charge in [-0.25, -0.2) is 0 Å². The van der Waals surface area contributed by atoms with Crippen LogP contribution in [0.1, 0.15) is 32.6 Å². The summed E-state index contributed by atoms with van der Waals surface area (Å²) in [6, 6.07) is 0. The number of aliphatic hydroxyl groups is 3. The SMILES string of the molecule is CCCCCC(O)(O)O. The molecule has 0 heterocycles. The summed E-state index contributed by atoms with van der Waals surface area (Å²) in [7, 11) is 0. The zero-order valence-corrected chi connectivity index (χ0v) is 5.67. The van der Waals surface area contributed by atoms with Crippen molar-refractivity contribution in [1.29, 1.82) is 0 Å². The Morgan fingerprint density at radius 3 is 2.00 bits per heavy atom. The van der Waals surface area contributed by atoms with Gasteiger partial charge in [-0.1, -0.05) is 19.8 Å². The Morgan fingerprint density at radius 1 is 1.11 bits per heavy atom. The predicted octanol–water partition coefficient (Wildman–Crippen LogP) is 0.197. The lowest BCUT2D eigenvalue weighted by atomic mass is 10.2. The highest BCUT2D eigenvalue weighted by Gasteiger charge is 2.15. The first kappa shape index (κ1) is 8.88. The predicted molar refractivity (Wildman–Crippen MR) is 33.5 cm³/mol. The molecule has 0 fully saturated rings. The van der Waals surface area contributed by atoms with Crippen molar-refractivity contribution in [2.45, 2.75) is 38.6 Å². The molecule has 0 spiro atoms. The Labute approximate surface area is 54.9 Å². The number of rotatable bonds is 4. The zero-order valence-electron chi connectivity index (χ0n) is 5.67. The minimum atomic E-state index is -2.45. The van der Waals surface area contributed by atoms with Gasteiger partial charge in [-0.2, -0.15) is 0 Å². The lowest BCUT2D eigenvalue weighted by molar-refractivity contribution is -0.314. The molecule has 0 bridgehead atoms. The van der Waals surface area contributed by atoms with Crippen LogP contribution in [0.15, 0.2) is 0 Å². The van der Waals surface area contributed by atoms with Crippen molar-refractivity contribution in [2.75, 3.05) is 0 Å². The van der Waals surface area contributed by atoms with Crippen molar-refractivity contribution in [1.82, 2.24) is 0 Å². The quantitative estimate of drug-likeness (QED) is 0.380. The molecule has 0 aliphatic heterocycles. The zero-order chi connectivity index (χ0) is 7.33. The van der Waals surface area contributed by atoms with E-state index in [1.54, 1.807) is 0 Å². The minimum absolute atomic E-state index is 0.0425. The van der Waals surface area contributed by atoms with E-state index in [0.717, 1.165) is 12.8 Å². The van der Waals surface area contributed by atoms with Gasteiger partial charge in [-0.3, -0.25) is 0 Å². The lowest BCUT2D eigenvalue weighted by Gasteiger charge is -2.12. The van der Waals surface area contributed by atoms with Gasteiger partial charge in [0.1, 0.15) is 0 Å². The normalized spacial score (nSPS) is 12.0. The van der Waals surface area contributed by atoms with Crippen molar-refractivity contribution in [3.05, 3.63) is 0 Å². The van der Waals surface area contributed by atoms with Gasteiger partial charge in [0.05, 0.1) is 0 Å². The Kier molecular flexibility index (Phi) is 3.77. The molecule has 3 heteroatoms. The molecule has 0 aliphatic rings. The highest BCUT2D eigenvalue weighted by Crippen LogP contribution is 2.07. The maximum atomic E-state index is 8.36. The second kappa shape index (κ2) is 3.82. The van der Waals surface area contributed by atoms with E-state index >= 15 is 0 Å². The van der Waals surface area contributed by atoms with E-state index in [9.17, 15) is 0 Å². The van der Waals surface area contributed by atoms with Crippen LogP contribution >= 0.6 is 0 Å². The Hall–Kier alpha value is -0.120. The van der Waals surface area contributed by atoms with E-state index in [4.69, 9.17) is 15.3 Å². The van der Waals surface area contributed by atoms with Crippen molar-refractivity contribution >= 4 is 0 Å². The molecule has 3 N–H and O–H groups in total. The number of hydrogen-bond acceptors (Lipinski definition) is 3. The van der Waals surface area contributed by atoms with E-state index in [-0.39, 0.29) is 6.42 Å². The van der Waals surface area contributed by atoms with E-state index in [0.29, 0.717) is 6.42 Å². The molecule has 56 valence electrons. The van der Waals surface area contributed by atoms with Crippen molar-refractivity contribution in [3.63, 3.8) is 0 Å². The summed E-state index contributed by atoms with van der Waals surface area (Å²) in [5.41, 5.74) is 0. The van der Waals surface area contributed by atoms with Crippen molar-refractivity contribution in [2.24, 2.45) is 0 Å². The molecule has 0 rings (SSSR count). The van der Waals surface area contributed by atoms with Gasteiger partial charge in [0, 0.05) is 6.42 Å². The molecule has 0 atom stereocenters. The van der Waals surface area contributed by atoms with Gasteiger partial charge in [0.2, 0.25) is 0 Å². The summed E-state index contributed by atoms with van der Waals surface area (Å²) < 4.78 is 0. The number of unbranched alkanes of at least 4 members (excludes halogenated alkanes) is 2. The van der Waals surface area contributed by atoms with Crippen LogP contribution in [-0.4, -0.2) is 21.3 Å². The Balaban J connectivity index is 3.07. The Bertz CT molecular complexity index is 65.2. The van der Waals surface area contributed by atoms with Crippen molar-refractivity contribution in [3.8, 4) is 0 Å². The monoisotopic (exact) mass is 134 g/mol. The summed E-state index contributed by atoms with van der Waals surface area (Å²) in [6.07, 6.45) is 2.63. The van der Waals surface area contributed by atoms with Crippen LogP contribution < -0.4 is 0 Å². The summed E-state index contributed by atoms with van der Waals surface area (Å²) in [5.74, 6) is -2.45. The number of hydrogen-bond donors (Lipinski definition) is 3. The average molecular weight is 134 g/mol. The van der Waals surface area contributed by atoms with Gasteiger partial charge in [-0.05, 0) is 6.42 Å². The van der Waals surface area contributed by atoms with Gasteiger partial charge in [0.15, 0.2) is 0 Å². The second-order valence-corrected chi connectivity index (χ2v) is 2.23. The summed E-state index contributed by atoms with van der Waals surface area (Å²) in [5, 5.41) is 25.1. The van der Waals surface area contributed by atoms with Crippen LogP contribution in [0.2, 0.25) is 0 Å². The van der Waals surface area contributed by atoms with Crippen LogP contribution in [0.25, 0.3) is 0 Å².